The summed E-state index contributed by atoms with van der Waals surface area (Å²) in [5.74, 6) is 0.678. The lowest BCUT2D eigenvalue weighted by atomic mass is 10.0. The molecule has 8 heavy (non-hydrogen) atoms. The molecule has 0 fully saturated rings. The number of hydrogen-bond donors (Lipinski definition) is 0. The fourth-order valence-electron chi connectivity index (χ4n) is 0.650. The summed E-state index contributed by atoms with van der Waals surface area (Å²) in [7, 11) is 0. The van der Waals surface area contributed by atoms with Crippen LogP contribution in [0.3, 0.4) is 0 Å². The van der Waals surface area contributed by atoms with Crippen LogP contribution in [0.15, 0.2) is 0 Å². The Hall–Kier alpha value is 0.0900. The lowest BCUT2D eigenvalue weighted by molar-refractivity contribution is 0.686. The van der Waals surface area contributed by atoms with Crippen LogP contribution >= 0.6 is 12.2 Å². The smallest absolute Gasteiger partial charge is 0.0208 e. The van der Waals surface area contributed by atoms with Gasteiger partial charge in [-0.2, -0.15) is 0 Å². The van der Waals surface area contributed by atoms with Gasteiger partial charge in [0.05, 0.1) is 0 Å². The van der Waals surface area contributed by atoms with Crippen LogP contribution in [-0.4, -0.2) is 5.37 Å². The number of rotatable bonds is 4. The van der Waals surface area contributed by atoms with E-state index in [-0.39, 0.29) is 0 Å². The summed E-state index contributed by atoms with van der Waals surface area (Å²) in [6.45, 7) is 4.34. The molecule has 1 atom stereocenters. The summed E-state index contributed by atoms with van der Waals surface area (Å²) >= 11 is 4.70. The molecule has 0 aliphatic carbocycles. The molecule has 0 aliphatic heterocycles. The first kappa shape index (κ1) is 8.09. The molecular weight excluding hydrogens is 116 g/mol. The maximum atomic E-state index is 4.70. The van der Waals surface area contributed by atoms with Gasteiger partial charge in [-0.15, -0.1) is 0 Å². The molecule has 0 nitrogen and oxygen atoms in total. The Morgan fingerprint density at radius 1 is 1.62 bits per heavy atom. The number of thiocarbonyl (C=S) groups is 1. The lowest BCUT2D eigenvalue weighted by Gasteiger charge is -2.02. The van der Waals surface area contributed by atoms with Crippen molar-refractivity contribution in [2.75, 3.05) is 0 Å². The van der Waals surface area contributed by atoms with Gasteiger partial charge in [0.1, 0.15) is 0 Å². The van der Waals surface area contributed by atoms with Crippen molar-refractivity contribution >= 4 is 17.6 Å². The summed E-state index contributed by atoms with van der Waals surface area (Å²) < 4.78 is 0. The van der Waals surface area contributed by atoms with Gasteiger partial charge in [-0.05, 0) is 24.1 Å². The van der Waals surface area contributed by atoms with Gasteiger partial charge >= 0.3 is 0 Å². The molecule has 0 rings (SSSR count). The van der Waals surface area contributed by atoms with Crippen LogP contribution in [0.4, 0.5) is 0 Å². The van der Waals surface area contributed by atoms with E-state index in [1.54, 1.807) is 5.37 Å². The van der Waals surface area contributed by atoms with Gasteiger partial charge in [0.2, 0.25) is 0 Å². The highest BCUT2D eigenvalue weighted by Crippen LogP contribution is 2.05. The first-order chi connectivity index (χ1) is 3.81. The monoisotopic (exact) mass is 129 g/mol. The maximum absolute atomic E-state index is 4.70. The summed E-state index contributed by atoms with van der Waals surface area (Å²) in [6, 6.07) is 0. The molecule has 0 N–H and O–H groups in total. The van der Waals surface area contributed by atoms with Crippen molar-refractivity contribution < 1.29 is 0 Å². The second kappa shape index (κ2) is 5.23. The van der Waals surface area contributed by atoms with Crippen LogP contribution in [0.5, 0.6) is 0 Å². The molecule has 47 valence electrons. The zero-order chi connectivity index (χ0) is 6.41. The molecule has 0 aromatic heterocycles. The first-order valence-electron chi connectivity index (χ1n) is 3.08. The van der Waals surface area contributed by atoms with Gasteiger partial charge < -0.3 is 0 Å². The van der Waals surface area contributed by atoms with E-state index in [4.69, 9.17) is 12.2 Å². The van der Waals surface area contributed by atoms with Crippen LogP contribution in [0.25, 0.3) is 0 Å². The van der Waals surface area contributed by atoms with Gasteiger partial charge in [-0.3, -0.25) is 0 Å². The molecule has 0 amide bonds. The maximum Gasteiger partial charge on any atom is -0.0208 e. The SMILES string of the molecule is CC[CH]C(C)CC=S. The number of hydrogen-bond acceptors (Lipinski definition) is 1. The van der Waals surface area contributed by atoms with E-state index in [2.05, 4.69) is 20.3 Å². The van der Waals surface area contributed by atoms with Gasteiger partial charge in [-0.1, -0.05) is 32.5 Å². The van der Waals surface area contributed by atoms with Crippen LogP contribution in [-0.2, 0) is 0 Å². The second-order valence-electron chi connectivity index (χ2n) is 2.02. The molecule has 0 aromatic rings. The van der Waals surface area contributed by atoms with Gasteiger partial charge in [0.25, 0.3) is 0 Å². The summed E-state index contributed by atoms with van der Waals surface area (Å²) in [4.78, 5) is 0. The van der Waals surface area contributed by atoms with Crippen molar-refractivity contribution in [3.05, 3.63) is 6.42 Å². The minimum atomic E-state index is 0.678. The predicted molar refractivity (Wildman–Crippen MR) is 42.0 cm³/mol. The van der Waals surface area contributed by atoms with E-state index < -0.39 is 0 Å². The molecular formula is C7H13S. The highest BCUT2D eigenvalue weighted by Gasteiger charge is 1.95. The highest BCUT2D eigenvalue weighted by atomic mass is 32.1. The molecule has 1 radical (unpaired) electrons. The average Bonchev–Trinajstić information content (AvgIpc) is 1.68. The molecule has 0 saturated heterocycles. The first-order valence-corrected chi connectivity index (χ1v) is 3.55. The molecule has 0 heterocycles. The Morgan fingerprint density at radius 3 is 2.62 bits per heavy atom. The third-order valence-corrected chi connectivity index (χ3v) is 1.30. The normalized spacial score (nSPS) is 13.2. The van der Waals surface area contributed by atoms with Crippen LogP contribution in [0.2, 0.25) is 0 Å². The third kappa shape index (κ3) is 4.25. The van der Waals surface area contributed by atoms with Gasteiger partial charge in [0, 0.05) is 0 Å². The van der Waals surface area contributed by atoms with Crippen molar-refractivity contribution in [2.45, 2.75) is 26.7 Å². The Bertz CT molecular complexity index is 59.4. The molecule has 0 spiro atoms. The van der Waals surface area contributed by atoms with E-state index in [1.807, 2.05) is 0 Å². The zero-order valence-corrected chi connectivity index (χ0v) is 6.37. The fraction of sp³-hybridized carbons (Fsp3) is 0.714. The highest BCUT2D eigenvalue weighted by molar-refractivity contribution is 7.78. The zero-order valence-electron chi connectivity index (χ0n) is 5.55. The van der Waals surface area contributed by atoms with Crippen LogP contribution in [0, 0.1) is 12.3 Å². The van der Waals surface area contributed by atoms with Crippen LogP contribution in [0.1, 0.15) is 26.7 Å². The summed E-state index contributed by atoms with van der Waals surface area (Å²) in [5, 5.41) is 1.80. The van der Waals surface area contributed by atoms with E-state index in [1.165, 1.54) is 0 Å². The Morgan fingerprint density at radius 2 is 2.25 bits per heavy atom. The average molecular weight is 129 g/mol. The third-order valence-electron chi connectivity index (χ3n) is 1.11. The second-order valence-corrected chi connectivity index (χ2v) is 2.36. The molecule has 0 aromatic carbocycles. The summed E-state index contributed by atoms with van der Waals surface area (Å²) in [5.41, 5.74) is 0. The quantitative estimate of drug-likeness (QED) is 0.526. The Balaban J connectivity index is 3.03. The molecule has 0 bridgehead atoms. The van der Waals surface area contributed by atoms with Gasteiger partial charge in [0.15, 0.2) is 0 Å². The fourth-order valence-corrected chi connectivity index (χ4v) is 0.954. The minimum Gasteiger partial charge on any atom is -0.0935 e. The largest absolute Gasteiger partial charge is 0.0935 e. The van der Waals surface area contributed by atoms with Crippen molar-refractivity contribution in [1.29, 1.82) is 0 Å². The van der Waals surface area contributed by atoms with E-state index in [0.717, 1.165) is 12.8 Å². The molecule has 0 aliphatic rings. The molecule has 0 saturated carbocycles. The van der Waals surface area contributed by atoms with Crippen molar-refractivity contribution in [1.82, 2.24) is 0 Å². The van der Waals surface area contributed by atoms with Crippen molar-refractivity contribution in [3.8, 4) is 0 Å². The lowest BCUT2D eigenvalue weighted by Crippen LogP contribution is -1.93. The van der Waals surface area contributed by atoms with Crippen molar-refractivity contribution in [2.24, 2.45) is 5.92 Å². The summed E-state index contributed by atoms with van der Waals surface area (Å²) in [6.07, 6.45) is 4.48. The molecule has 1 heteroatoms. The topological polar surface area (TPSA) is 0 Å². The standard InChI is InChI=1S/C7H13S/c1-3-4-7(2)5-6-8/h4,6-7H,3,5H2,1-2H3. The minimum absolute atomic E-state index is 0.678. The van der Waals surface area contributed by atoms with E-state index >= 15 is 0 Å². The van der Waals surface area contributed by atoms with Gasteiger partial charge in [-0.25, -0.2) is 0 Å². The van der Waals surface area contributed by atoms with Crippen molar-refractivity contribution in [3.63, 3.8) is 0 Å². The Kier molecular flexibility index (Phi) is 5.29. The van der Waals surface area contributed by atoms with E-state index in [0.29, 0.717) is 5.92 Å². The predicted octanol–water partition coefficient (Wildman–Crippen LogP) is 2.63. The van der Waals surface area contributed by atoms with Crippen LogP contribution < -0.4 is 0 Å². The molecule has 1 unspecified atom stereocenters. The van der Waals surface area contributed by atoms with E-state index in [9.17, 15) is 0 Å². The Labute approximate surface area is 57.3 Å².